The number of carbonyl (C=O) groups excluding carboxylic acids is 1. The highest BCUT2D eigenvalue weighted by atomic mass is 16.5. The second-order valence-corrected chi connectivity index (χ2v) is 7.03. The number of amides is 2. The summed E-state index contributed by atoms with van der Waals surface area (Å²) in [4.78, 5) is 29.8. The van der Waals surface area contributed by atoms with Gasteiger partial charge in [0, 0.05) is 25.2 Å². The van der Waals surface area contributed by atoms with E-state index in [-0.39, 0.29) is 17.8 Å². The summed E-state index contributed by atoms with van der Waals surface area (Å²) in [7, 11) is 3.13. The predicted molar refractivity (Wildman–Crippen MR) is 111 cm³/mol. The minimum absolute atomic E-state index is 0.0639. The van der Waals surface area contributed by atoms with Crippen LogP contribution in [0.3, 0.4) is 0 Å². The summed E-state index contributed by atoms with van der Waals surface area (Å²) in [6.45, 7) is 1.13. The number of nitrogens with one attached hydrogen (secondary N) is 2. The molecule has 1 aliphatic heterocycles. The maximum Gasteiger partial charge on any atom is 0.326 e. The van der Waals surface area contributed by atoms with Crippen molar-refractivity contribution in [3.63, 3.8) is 0 Å². The van der Waals surface area contributed by atoms with E-state index in [0.717, 1.165) is 11.0 Å². The minimum Gasteiger partial charge on any atom is -0.497 e. The first kappa shape index (κ1) is 18.9. The summed E-state index contributed by atoms with van der Waals surface area (Å²) in [6, 6.07) is 12.8. The Balaban J connectivity index is 1.45. The van der Waals surface area contributed by atoms with E-state index >= 15 is 0 Å². The molecule has 2 heterocycles. The number of hydrogen-bond donors (Lipinski definition) is 2. The van der Waals surface area contributed by atoms with Gasteiger partial charge in [-0.05, 0) is 37.1 Å². The fraction of sp³-hybridized carbons (Fsp3) is 0.333. The SMILES string of the molecule is COc1ccc(OC)c(NC(=O)N2CCC(n3c(=O)[nH]c4ccccc43)CC2)c1. The monoisotopic (exact) mass is 396 g/mol. The van der Waals surface area contributed by atoms with Gasteiger partial charge in [0.2, 0.25) is 0 Å². The van der Waals surface area contributed by atoms with Gasteiger partial charge in [0.15, 0.2) is 0 Å². The van der Waals surface area contributed by atoms with Gasteiger partial charge in [0.1, 0.15) is 11.5 Å². The van der Waals surface area contributed by atoms with E-state index in [1.165, 1.54) is 0 Å². The molecular weight excluding hydrogens is 372 g/mol. The number of aromatic amines is 1. The van der Waals surface area contributed by atoms with Crippen LogP contribution in [0.25, 0.3) is 11.0 Å². The molecule has 0 unspecified atom stereocenters. The maximum absolute atomic E-state index is 12.8. The number of ether oxygens (including phenoxy) is 2. The second kappa shape index (κ2) is 7.90. The number of H-pyrrole nitrogens is 1. The van der Waals surface area contributed by atoms with Crippen LogP contribution in [-0.2, 0) is 0 Å². The molecule has 2 amide bonds. The maximum atomic E-state index is 12.8. The van der Waals surface area contributed by atoms with Gasteiger partial charge in [-0.3, -0.25) is 4.57 Å². The van der Waals surface area contributed by atoms with Crippen molar-refractivity contribution in [1.29, 1.82) is 0 Å². The lowest BCUT2D eigenvalue weighted by atomic mass is 10.0. The average Bonchev–Trinajstić information content (AvgIpc) is 3.09. The van der Waals surface area contributed by atoms with Crippen molar-refractivity contribution in [3.8, 4) is 11.5 Å². The van der Waals surface area contributed by atoms with Crippen LogP contribution >= 0.6 is 0 Å². The number of benzene rings is 2. The van der Waals surface area contributed by atoms with E-state index in [1.807, 2.05) is 28.8 Å². The zero-order chi connectivity index (χ0) is 20.4. The molecule has 0 saturated carbocycles. The number of imidazole rings is 1. The van der Waals surface area contributed by atoms with Gasteiger partial charge in [-0.25, -0.2) is 9.59 Å². The highest BCUT2D eigenvalue weighted by Gasteiger charge is 2.26. The first-order valence-electron chi connectivity index (χ1n) is 9.58. The molecule has 0 aliphatic carbocycles. The van der Waals surface area contributed by atoms with Crippen LogP contribution in [-0.4, -0.2) is 47.8 Å². The molecule has 3 aromatic rings. The zero-order valence-corrected chi connectivity index (χ0v) is 16.5. The van der Waals surface area contributed by atoms with Gasteiger partial charge in [0.25, 0.3) is 0 Å². The van der Waals surface area contributed by atoms with Gasteiger partial charge in [-0.2, -0.15) is 0 Å². The Morgan fingerprint density at radius 2 is 1.86 bits per heavy atom. The predicted octanol–water partition coefficient (Wildman–Crippen LogP) is 3.22. The van der Waals surface area contributed by atoms with Crippen LogP contribution < -0.4 is 20.5 Å². The van der Waals surface area contributed by atoms with Crippen LogP contribution in [0.1, 0.15) is 18.9 Å². The Labute approximate surface area is 168 Å². The molecule has 1 aliphatic rings. The lowest BCUT2D eigenvalue weighted by Crippen LogP contribution is -2.42. The Hall–Kier alpha value is -3.42. The third-order valence-electron chi connectivity index (χ3n) is 5.39. The molecule has 0 atom stereocenters. The molecule has 152 valence electrons. The van der Waals surface area contributed by atoms with E-state index < -0.39 is 0 Å². The molecule has 2 aromatic carbocycles. The van der Waals surface area contributed by atoms with Crippen molar-refractivity contribution in [3.05, 3.63) is 52.9 Å². The summed E-state index contributed by atoms with van der Waals surface area (Å²) in [6.07, 6.45) is 1.43. The Bertz CT molecular complexity index is 1080. The van der Waals surface area contributed by atoms with Crippen molar-refractivity contribution in [2.24, 2.45) is 0 Å². The van der Waals surface area contributed by atoms with Crippen LogP contribution in [0.2, 0.25) is 0 Å². The second-order valence-electron chi connectivity index (χ2n) is 7.03. The highest BCUT2D eigenvalue weighted by molar-refractivity contribution is 5.91. The number of methoxy groups -OCH3 is 2. The van der Waals surface area contributed by atoms with Crippen LogP contribution in [0.5, 0.6) is 11.5 Å². The summed E-state index contributed by atoms with van der Waals surface area (Å²) in [5.74, 6) is 1.21. The van der Waals surface area contributed by atoms with E-state index in [1.54, 1.807) is 37.3 Å². The van der Waals surface area contributed by atoms with Gasteiger partial charge >= 0.3 is 11.7 Å². The number of hydrogen-bond acceptors (Lipinski definition) is 4. The molecule has 0 bridgehead atoms. The lowest BCUT2D eigenvalue weighted by Gasteiger charge is -2.32. The number of para-hydroxylation sites is 2. The fourth-order valence-corrected chi connectivity index (χ4v) is 3.87. The summed E-state index contributed by atoms with van der Waals surface area (Å²) in [5.41, 5.74) is 2.20. The first-order chi connectivity index (χ1) is 14.1. The number of carbonyl (C=O) groups is 1. The van der Waals surface area contributed by atoms with Gasteiger partial charge in [0.05, 0.1) is 30.9 Å². The molecular formula is C21H24N4O4. The van der Waals surface area contributed by atoms with Crippen LogP contribution in [0.15, 0.2) is 47.3 Å². The van der Waals surface area contributed by atoms with Crippen molar-refractivity contribution in [2.45, 2.75) is 18.9 Å². The molecule has 29 heavy (non-hydrogen) atoms. The van der Waals surface area contributed by atoms with Crippen molar-refractivity contribution < 1.29 is 14.3 Å². The van der Waals surface area contributed by atoms with Crippen LogP contribution in [0.4, 0.5) is 10.5 Å². The van der Waals surface area contributed by atoms with Gasteiger partial charge in [-0.15, -0.1) is 0 Å². The van der Waals surface area contributed by atoms with Gasteiger partial charge < -0.3 is 24.7 Å². The Kier molecular flexibility index (Phi) is 5.16. The van der Waals surface area contributed by atoms with Gasteiger partial charge in [-0.1, -0.05) is 12.1 Å². The number of piperidine rings is 1. The normalized spacial score (nSPS) is 14.8. The highest BCUT2D eigenvalue weighted by Crippen LogP contribution is 2.30. The summed E-state index contributed by atoms with van der Waals surface area (Å²) < 4.78 is 12.4. The van der Waals surface area contributed by atoms with E-state index in [0.29, 0.717) is 43.1 Å². The smallest absolute Gasteiger partial charge is 0.326 e. The summed E-state index contributed by atoms with van der Waals surface area (Å²) in [5, 5.41) is 2.90. The topological polar surface area (TPSA) is 88.6 Å². The molecule has 8 heteroatoms. The number of likely N-dealkylation sites (tertiary alicyclic amines) is 1. The molecule has 1 aromatic heterocycles. The largest absolute Gasteiger partial charge is 0.497 e. The fourth-order valence-electron chi connectivity index (χ4n) is 3.87. The van der Waals surface area contributed by atoms with Crippen molar-refractivity contribution in [1.82, 2.24) is 14.5 Å². The summed E-state index contributed by atoms with van der Waals surface area (Å²) >= 11 is 0. The number of nitrogens with zero attached hydrogens (tertiary/aromatic N) is 2. The molecule has 0 radical (unpaired) electrons. The van der Waals surface area contributed by atoms with Crippen molar-refractivity contribution in [2.75, 3.05) is 32.6 Å². The third-order valence-corrected chi connectivity index (χ3v) is 5.39. The average molecular weight is 396 g/mol. The molecule has 2 N–H and O–H groups in total. The molecule has 8 nitrogen and oxygen atoms in total. The van der Waals surface area contributed by atoms with Crippen LogP contribution in [0, 0.1) is 0 Å². The number of aromatic nitrogens is 2. The number of urea groups is 1. The zero-order valence-electron chi connectivity index (χ0n) is 16.5. The Morgan fingerprint density at radius 3 is 2.59 bits per heavy atom. The molecule has 0 spiro atoms. The number of rotatable bonds is 4. The lowest BCUT2D eigenvalue weighted by molar-refractivity contribution is 0.184. The molecule has 1 saturated heterocycles. The third kappa shape index (κ3) is 3.65. The molecule has 1 fully saturated rings. The van der Waals surface area contributed by atoms with Crippen molar-refractivity contribution >= 4 is 22.8 Å². The number of fused-ring (bicyclic) bond motifs is 1. The van der Waals surface area contributed by atoms with E-state index in [2.05, 4.69) is 10.3 Å². The quantitative estimate of drug-likeness (QED) is 0.709. The number of anilines is 1. The van der Waals surface area contributed by atoms with E-state index in [9.17, 15) is 9.59 Å². The minimum atomic E-state index is -0.193. The molecule has 4 rings (SSSR count). The standard InChI is InChI=1S/C21H24N4O4/c1-28-15-7-8-19(29-2)17(13-15)23-20(26)24-11-9-14(10-12-24)25-18-6-4-3-5-16(18)22-21(25)27/h3-8,13-14H,9-12H2,1-2H3,(H,22,27)(H,23,26). The first-order valence-corrected chi connectivity index (χ1v) is 9.58. The van der Waals surface area contributed by atoms with E-state index in [4.69, 9.17) is 9.47 Å². The Morgan fingerprint density at radius 1 is 1.10 bits per heavy atom.